The number of carboxylic acid groups (broad SMARTS) is 2. The molecule has 6 heteroatoms. The van der Waals surface area contributed by atoms with Crippen LogP contribution in [0.15, 0.2) is 60.7 Å². The molecule has 0 atom stereocenters. The summed E-state index contributed by atoms with van der Waals surface area (Å²) in [5.74, 6) is -2.51. The predicted octanol–water partition coefficient (Wildman–Crippen LogP) is 3.97. The van der Waals surface area contributed by atoms with E-state index in [4.69, 9.17) is 10.2 Å². The van der Waals surface area contributed by atoms with Gasteiger partial charge in [0.25, 0.3) is 0 Å². The van der Waals surface area contributed by atoms with E-state index in [2.05, 4.69) is 84.6 Å². The van der Waals surface area contributed by atoms with Gasteiger partial charge in [0.1, 0.15) is 0 Å². The Balaban J connectivity index is 0.000000321. The van der Waals surface area contributed by atoms with Crippen LogP contribution in [0.25, 0.3) is 12.2 Å². The predicted molar refractivity (Wildman–Crippen MR) is 116 cm³/mol. The highest BCUT2D eigenvalue weighted by atomic mass is 16.4. The highest BCUT2D eigenvalue weighted by Gasteiger charge is 2.16. The fraction of sp³-hybridized carbons (Fsp3) is 0.217. The van der Waals surface area contributed by atoms with Crippen molar-refractivity contribution in [2.24, 2.45) is 0 Å². The molecule has 0 aromatic heterocycles. The molecule has 1 aliphatic heterocycles. The summed E-state index contributed by atoms with van der Waals surface area (Å²) >= 11 is 0. The van der Waals surface area contributed by atoms with Gasteiger partial charge in [0.15, 0.2) is 0 Å². The van der Waals surface area contributed by atoms with E-state index in [1.807, 2.05) is 0 Å². The van der Waals surface area contributed by atoms with Crippen LogP contribution < -0.4 is 4.90 Å². The third-order valence-electron chi connectivity index (χ3n) is 4.25. The van der Waals surface area contributed by atoms with Gasteiger partial charge in [-0.15, -0.1) is 0 Å². The molecular formula is C23H26N2O4. The summed E-state index contributed by atoms with van der Waals surface area (Å²) in [4.78, 5) is 23.8. The lowest BCUT2D eigenvalue weighted by Crippen LogP contribution is -2.23. The molecule has 1 aliphatic rings. The Kier molecular flexibility index (Phi) is 8.18. The molecule has 2 N–H and O–H groups in total. The standard InChI is InChI=1S/C19H22N2.C4H4O4/c1-20(2)14-7-15-21-18-10-5-3-8-16(18)12-13-17-9-4-6-11-19(17)21;5-3(6)1-2-4(7)8/h3-6,8-13H,7,14-15H2,1-2H3;1-2H,(H,5,6)(H,7,8). The molecular weight excluding hydrogens is 368 g/mol. The van der Waals surface area contributed by atoms with Crippen LogP contribution in [0.3, 0.4) is 0 Å². The minimum Gasteiger partial charge on any atom is -0.478 e. The van der Waals surface area contributed by atoms with Gasteiger partial charge in [0, 0.05) is 30.1 Å². The van der Waals surface area contributed by atoms with E-state index in [0.717, 1.165) is 19.5 Å². The summed E-state index contributed by atoms with van der Waals surface area (Å²) in [6, 6.07) is 17.3. The van der Waals surface area contributed by atoms with Crippen molar-refractivity contribution >= 4 is 35.5 Å². The van der Waals surface area contributed by atoms with Crippen molar-refractivity contribution in [1.29, 1.82) is 0 Å². The minimum atomic E-state index is -1.26. The number of para-hydroxylation sites is 2. The lowest BCUT2D eigenvalue weighted by molar-refractivity contribution is -0.134. The summed E-state index contributed by atoms with van der Waals surface area (Å²) in [5, 5.41) is 15.6. The van der Waals surface area contributed by atoms with E-state index < -0.39 is 11.9 Å². The summed E-state index contributed by atoms with van der Waals surface area (Å²) in [5.41, 5.74) is 5.19. The molecule has 0 spiro atoms. The Labute approximate surface area is 171 Å². The first kappa shape index (κ1) is 21.9. The van der Waals surface area contributed by atoms with Gasteiger partial charge < -0.3 is 20.0 Å². The van der Waals surface area contributed by atoms with Gasteiger partial charge in [0.2, 0.25) is 0 Å². The lowest BCUT2D eigenvalue weighted by Gasteiger charge is -2.27. The van der Waals surface area contributed by atoms with Crippen LogP contribution in [0, 0.1) is 0 Å². The molecule has 0 bridgehead atoms. The molecule has 0 radical (unpaired) electrons. The zero-order valence-electron chi connectivity index (χ0n) is 16.7. The second kappa shape index (κ2) is 10.8. The molecule has 152 valence electrons. The third kappa shape index (κ3) is 6.93. The molecule has 2 aromatic carbocycles. The number of fused-ring (bicyclic) bond motifs is 2. The maximum Gasteiger partial charge on any atom is 0.328 e. The van der Waals surface area contributed by atoms with E-state index in [1.165, 1.54) is 22.5 Å². The molecule has 2 aromatic rings. The first-order valence-corrected chi connectivity index (χ1v) is 9.31. The quantitative estimate of drug-likeness (QED) is 0.722. The Bertz CT molecular complexity index is 838. The largest absolute Gasteiger partial charge is 0.478 e. The van der Waals surface area contributed by atoms with E-state index in [0.29, 0.717) is 12.2 Å². The van der Waals surface area contributed by atoms with Crippen LogP contribution in [-0.2, 0) is 9.59 Å². The summed E-state index contributed by atoms with van der Waals surface area (Å²) in [6.45, 7) is 2.14. The van der Waals surface area contributed by atoms with E-state index in [9.17, 15) is 9.59 Å². The van der Waals surface area contributed by atoms with E-state index in [-0.39, 0.29) is 0 Å². The van der Waals surface area contributed by atoms with Crippen LogP contribution in [0.2, 0.25) is 0 Å². The molecule has 1 heterocycles. The number of carboxylic acids is 2. The molecule has 0 saturated carbocycles. The van der Waals surface area contributed by atoms with Crippen molar-refractivity contribution in [2.45, 2.75) is 6.42 Å². The normalized spacial score (nSPS) is 12.0. The maximum absolute atomic E-state index is 9.55. The summed E-state index contributed by atoms with van der Waals surface area (Å²) in [6.07, 6.45) is 6.71. The zero-order valence-corrected chi connectivity index (χ0v) is 16.7. The van der Waals surface area contributed by atoms with Gasteiger partial charge in [-0.1, -0.05) is 48.6 Å². The smallest absolute Gasteiger partial charge is 0.328 e. The van der Waals surface area contributed by atoms with Crippen LogP contribution in [-0.4, -0.2) is 54.2 Å². The van der Waals surface area contributed by atoms with Gasteiger partial charge in [-0.2, -0.15) is 0 Å². The van der Waals surface area contributed by atoms with Gasteiger partial charge in [-0.25, -0.2) is 9.59 Å². The highest BCUT2D eigenvalue weighted by molar-refractivity contribution is 5.90. The Morgan fingerprint density at radius 1 is 0.862 bits per heavy atom. The fourth-order valence-electron chi connectivity index (χ4n) is 2.99. The number of hydrogen-bond donors (Lipinski definition) is 2. The molecule has 3 rings (SSSR count). The number of aliphatic carboxylic acids is 2. The number of benzene rings is 2. The molecule has 0 amide bonds. The number of carbonyl (C=O) groups is 2. The van der Waals surface area contributed by atoms with Crippen molar-refractivity contribution in [2.75, 3.05) is 32.1 Å². The van der Waals surface area contributed by atoms with Gasteiger partial charge >= 0.3 is 11.9 Å². The molecule has 6 nitrogen and oxygen atoms in total. The van der Waals surface area contributed by atoms with Crippen LogP contribution in [0.5, 0.6) is 0 Å². The summed E-state index contributed by atoms with van der Waals surface area (Å²) < 4.78 is 0. The maximum atomic E-state index is 9.55. The third-order valence-corrected chi connectivity index (χ3v) is 4.25. The fourth-order valence-corrected chi connectivity index (χ4v) is 2.99. The molecule has 29 heavy (non-hydrogen) atoms. The molecule has 0 aliphatic carbocycles. The summed E-state index contributed by atoms with van der Waals surface area (Å²) in [7, 11) is 4.26. The second-order valence-electron chi connectivity index (χ2n) is 6.77. The van der Waals surface area contributed by atoms with Gasteiger partial charge in [0.05, 0.1) is 0 Å². The SMILES string of the molecule is CN(C)CCCN1c2ccccc2C=Cc2ccccc21.O=C(O)C=CC(=O)O. The number of rotatable bonds is 6. The van der Waals surface area contributed by atoms with Crippen LogP contribution in [0.4, 0.5) is 11.4 Å². The van der Waals surface area contributed by atoms with Crippen molar-refractivity contribution < 1.29 is 19.8 Å². The number of hydrogen-bond acceptors (Lipinski definition) is 4. The molecule has 0 saturated heterocycles. The van der Waals surface area contributed by atoms with Gasteiger partial charge in [-0.3, -0.25) is 0 Å². The molecule has 0 fully saturated rings. The minimum absolute atomic E-state index is 0.558. The van der Waals surface area contributed by atoms with Crippen molar-refractivity contribution in [3.8, 4) is 0 Å². The van der Waals surface area contributed by atoms with E-state index in [1.54, 1.807) is 0 Å². The van der Waals surface area contributed by atoms with Crippen LogP contribution >= 0.6 is 0 Å². The average molecular weight is 394 g/mol. The second-order valence-corrected chi connectivity index (χ2v) is 6.77. The monoisotopic (exact) mass is 394 g/mol. The van der Waals surface area contributed by atoms with Crippen molar-refractivity contribution in [3.05, 3.63) is 71.8 Å². The van der Waals surface area contributed by atoms with Crippen LogP contribution in [0.1, 0.15) is 17.5 Å². The van der Waals surface area contributed by atoms with Gasteiger partial charge in [-0.05, 0) is 50.3 Å². The first-order valence-electron chi connectivity index (χ1n) is 9.31. The van der Waals surface area contributed by atoms with Crippen molar-refractivity contribution in [1.82, 2.24) is 4.90 Å². The Hall–Kier alpha value is -3.38. The molecule has 0 unspecified atom stereocenters. The Morgan fingerprint density at radius 3 is 1.72 bits per heavy atom. The number of anilines is 2. The first-order chi connectivity index (χ1) is 13.9. The Morgan fingerprint density at radius 2 is 1.31 bits per heavy atom. The van der Waals surface area contributed by atoms with E-state index >= 15 is 0 Å². The van der Waals surface area contributed by atoms with Crippen molar-refractivity contribution in [3.63, 3.8) is 0 Å². The number of nitrogens with zero attached hydrogens (tertiary/aromatic N) is 2. The lowest BCUT2D eigenvalue weighted by atomic mass is 10.1. The highest BCUT2D eigenvalue weighted by Crippen LogP contribution is 2.36. The topological polar surface area (TPSA) is 81.1 Å². The average Bonchev–Trinajstić information content (AvgIpc) is 2.84. The zero-order chi connectivity index (χ0) is 21.2.